The van der Waals surface area contributed by atoms with Crippen LogP contribution >= 0.6 is 45.2 Å². The van der Waals surface area contributed by atoms with Crippen molar-refractivity contribution in [2.45, 2.75) is 60.8 Å². The van der Waals surface area contributed by atoms with Crippen molar-refractivity contribution in [1.82, 2.24) is 0 Å². The number of hydrogen-bond acceptors (Lipinski definition) is 9. The van der Waals surface area contributed by atoms with Gasteiger partial charge in [-0.1, -0.05) is 72.9 Å². The fourth-order valence-electron chi connectivity index (χ4n) is 3.41. The topological polar surface area (TPSA) is 176 Å². The third-order valence-electron chi connectivity index (χ3n) is 4.39. The van der Waals surface area contributed by atoms with Gasteiger partial charge in [-0.25, -0.2) is 0 Å². The van der Waals surface area contributed by atoms with E-state index in [2.05, 4.69) is 45.2 Å². The van der Waals surface area contributed by atoms with E-state index >= 15 is 0 Å². The molecule has 0 aromatic rings. The van der Waals surface area contributed by atoms with Crippen LogP contribution in [0.25, 0.3) is 0 Å². The Morgan fingerprint density at radius 3 is 1.43 bits per heavy atom. The molecule has 0 aliphatic heterocycles. The molecule has 0 fully saturated rings. The van der Waals surface area contributed by atoms with Crippen molar-refractivity contribution >= 4 is 63.1 Å². The molecule has 220 valence electrons. The average molecular weight is 762 g/mol. The van der Waals surface area contributed by atoms with E-state index in [9.17, 15) is 34.6 Å². The van der Waals surface area contributed by atoms with Gasteiger partial charge in [-0.3, -0.25) is 34.6 Å². The van der Waals surface area contributed by atoms with E-state index in [1.807, 2.05) is 37.6 Å². The summed E-state index contributed by atoms with van der Waals surface area (Å²) < 4.78 is 9.71. The molecule has 0 radical (unpaired) electrons. The fraction of sp³-hybridized carbons (Fsp3) is 0.870. The molecule has 1 N–H and O–H groups in total. The van der Waals surface area contributed by atoms with Crippen LogP contribution in [0.2, 0.25) is 0 Å². The maximum atomic E-state index is 11.9. The Balaban J connectivity index is -0.000000276. The zero-order chi connectivity index (χ0) is 30.1. The molecular weight excluding hydrogens is 718 g/mol. The number of carbonyl (C=O) groups excluding carboxylic acids is 2. The van der Waals surface area contributed by atoms with Gasteiger partial charge in [-0.05, 0) is 48.4 Å². The van der Waals surface area contributed by atoms with E-state index in [0.717, 1.165) is 0 Å². The number of halogens is 2. The molecule has 0 bridgehead atoms. The lowest BCUT2D eigenvalue weighted by molar-refractivity contribution is -0.489. The predicted molar refractivity (Wildman–Crippen MR) is 159 cm³/mol. The average Bonchev–Trinajstić information content (AvgIpc) is 2.75. The normalized spacial score (nSPS) is 11.5. The number of aliphatic carboxylic acids is 1. The molecule has 0 spiro atoms. The Labute approximate surface area is 247 Å². The van der Waals surface area contributed by atoms with Gasteiger partial charge in [0.25, 0.3) is 0 Å². The highest BCUT2D eigenvalue weighted by atomic mass is 127. The molecule has 14 heteroatoms. The van der Waals surface area contributed by atoms with Crippen molar-refractivity contribution in [3.63, 3.8) is 0 Å². The number of carboxylic acid groups (broad SMARTS) is 1. The monoisotopic (exact) mass is 762 g/mol. The van der Waals surface area contributed by atoms with E-state index in [0.29, 0.717) is 18.8 Å². The van der Waals surface area contributed by atoms with Crippen LogP contribution in [0, 0.1) is 49.8 Å². The van der Waals surface area contributed by atoms with Crippen molar-refractivity contribution in [1.29, 1.82) is 0 Å². The summed E-state index contributed by atoms with van der Waals surface area (Å²) >= 11 is 4.30. The molecule has 0 aromatic carbocycles. The van der Waals surface area contributed by atoms with Crippen LogP contribution < -0.4 is 0 Å². The highest BCUT2D eigenvalue weighted by Gasteiger charge is 2.40. The van der Waals surface area contributed by atoms with E-state index in [4.69, 9.17) is 14.6 Å². The lowest BCUT2D eigenvalue weighted by Crippen LogP contribution is -2.38. The van der Waals surface area contributed by atoms with E-state index in [1.165, 1.54) is 0 Å². The van der Waals surface area contributed by atoms with Crippen LogP contribution in [0.3, 0.4) is 0 Å². The first-order valence-electron chi connectivity index (χ1n) is 11.8. The molecule has 0 aliphatic carbocycles. The first kappa shape index (κ1) is 42.7. The van der Waals surface area contributed by atoms with Crippen LogP contribution in [-0.2, 0) is 23.9 Å². The summed E-state index contributed by atoms with van der Waals surface area (Å²) in [6.45, 7) is 10.4. The molecule has 0 saturated heterocycles. The van der Waals surface area contributed by atoms with Crippen molar-refractivity contribution in [3.8, 4) is 0 Å². The van der Waals surface area contributed by atoms with E-state index in [-0.39, 0.29) is 38.0 Å². The molecule has 0 aliphatic rings. The summed E-state index contributed by atoms with van der Waals surface area (Å²) in [6, 6.07) is 0. The standard InChI is InChI=1S/C13H23NO6.C8H15NO4.2CH3I/c1-5-19-12(15)11(13(16)20-6-2)10(7-9(3)4)8-14(17)18;1-6(2)3-7(4-8(10)11)5-9(12)13;2*1-2/h9-11H,5-8H2,1-4H3;6-7H,3-5H2,1-2H3,(H,10,11);2*1H3. The summed E-state index contributed by atoms with van der Waals surface area (Å²) in [5, 5.41) is 29.4. The van der Waals surface area contributed by atoms with E-state index < -0.39 is 46.1 Å². The number of ether oxygens (including phenoxy) is 2. The highest BCUT2D eigenvalue weighted by Crippen LogP contribution is 2.24. The molecule has 2 unspecified atom stereocenters. The second-order valence-electron chi connectivity index (χ2n) is 8.50. The Morgan fingerprint density at radius 2 is 1.16 bits per heavy atom. The Morgan fingerprint density at radius 1 is 0.784 bits per heavy atom. The van der Waals surface area contributed by atoms with Crippen molar-refractivity contribution in [3.05, 3.63) is 20.2 Å². The number of nitrogens with zero attached hydrogens (tertiary/aromatic N) is 2. The van der Waals surface area contributed by atoms with Crippen LogP contribution in [0.4, 0.5) is 0 Å². The number of rotatable bonds is 15. The van der Waals surface area contributed by atoms with Gasteiger partial charge in [0, 0.05) is 21.7 Å². The molecule has 0 amide bonds. The van der Waals surface area contributed by atoms with Crippen LogP contribution in [0.1, 0.15) is 60.8 Å². The predicted octanol–water partition coefficient (Wildman–Crippen LogP) is 5.17. The summed E-state index contributed by atoms with van der Waals surface area (Å²) in [7, 11) is 0. The molecule has 0 aromatic heterocycles. The minimum absolute atomic E-state index is 0.112. The zero-order valence-electron chi connectivity index (χ0n) is 23.1. The third-order valence-corrected chi connectivity index (χ3v) is 4.39. The second kappa shape index (κ2) is 27.7. The maximum absolute atomic E-state index is 11.9. The molecule has 2 atom stereocenters. The molecule has 0 saturated carbocycles. The van der Waals surface area contributed by atoms with Gasteiger partial charge in [0.15, 0.2) is 5.92 Å². The molecule has 0 rings (SSSR count). The van der Waals surface area contributed by atoms with Crippen LogP contribution in [-0.4, -0.2) is 69.0 Å². The SMILES string of the molecule is CC(C)CC(CC(=O)O)C[N+](=O)[O-].CCOC(=O)C(C(=O)OCC)C(CC(C)C)C[N+](=O)[O-].CI.CI. The van der Waals surface area contributed by atoms with Gasteiger partial charge in [0.2, 0.25) is 13.1 Å². The smallest absolute Gasteiger partial charge is 0.320 e. The summed E-state index contributed by atoms with van der Waals surface area (Å²) in [6.07, 6.45) is 0.857. The van der Waals surface area contributed by atoms with Gasteiger partial charge in [-0.2, -0.15) is 0 Å². The summed E-state index contributed by atoms with van der Waals surface area (Å²) in [5.74, 6) is -4.35. The van der Waals surface area contributed by atoms with Crippen molar-refractivity contribution in [2.24, 2.45) is 29.6 Å². The third kappa shape index (κ3) is 27.5. The minimum atomic E-state index is -1.23. The number of alkyl halides is 2. The van der Waals surface area contributed by atoms with Crippen molar-refractivity contribution in [2.75, 3.05) is 36.2 Å². The molecular formula is C23H44I2N2O10. The van der Waals surface area contributed by atoms with Gasteiger partial charge >= 0.3 is 17.9 Å². The maximum Gasteiger partial charge on any atom is 0.320 e. The number of carboxylic acids is 1. The fourth-order valence-corrected chi connectivity index (χ4v) is 3.41. The van der Waals surface area contributed by atoms with Gasteiger partial charge in [0.05, 0.1) is 19.6 Å². The minimum Gasteiger partial charge on any atom is -0.481 e. The van der Waals surface area contributed by atoms with Crippen LogP contribution in [0.15, 0.2) is 0 Å². The molecule has 37 heavy (non-hydrogen) atoms. The Bertz CT molecular complexity index is 615. The second-order valence-corrected chi connectivity index (χ2v) is 8.50. The Kier molecular flexibility index (Phi) is 32.0. The first-order chi connectivity index (χ1) is 17.2. The number of nitro groups is 2. The van der Waals surface area contributed by atoms with E-state index in [1.54, 1.807) is 13.8 Å². The number of carbonyl (C=O) groups is 3. The molecule has 12 nitrogen and oxygen atoms in total. The zero-order valence-corrected chi connectivity index (χ0v) is 27.4. The lowest BCUT2D eigenvalue weighted by Gasteiger charge is -2.22. The number of hydrogen-bond donors (Lipinski definition) is 1. The lowest BCUT2D eigenvalue weighted by atomic mass is 9.85. The largest absolute Gasteiger partial charge is 0.481 e. The van der Waals surface area contributed by atoms with Gasteiger partial charge < -0.3 is 14.6 Å². The van der Waals surface area contributed by atoms with Crippen LogP contribution in [0.5, 0.6) is 0 Å². The summed E-state index contributed by atoms with van der Waals surface area (Å²) in [5.41, 5.74) is 0. The first-order valence-corrected chi connectivity index (χ1v) is 16.1. The quantitative estimate of drug-likeness (QED) is 0.0585. The van der Waals surface area contributed by atoms with Gasteiger partial charge in [0.1, 0.15) is 0 Å². The number of esters is 2. The molecule has 0 heterocycles. The summed E-state index contributed by atoms with van der Waals surface area (Å²) in [4.78, 5) is 58.1. The van der Waals surface area contributed by atoms with Crippen molar-refractivity contribution < 1.29 is 38.8 Å². The highest BCUT2D eigenvalue weighted by molar-refractivity contribution is 14.1. The Hall–Kier alpha value is -1.33. The van der Waals surface area contributed by atoms with Gasteiger partial charge in [-0.15, -0.1) is 0 Å².